The van der Waals surface area contributed by atoms with Crippen molar-refractivity contribution < 1.29 is 28.7 Å². The lowest BCUT2D eigenvalue weighted by atomic mass is 9.87. The van der Waals surface area contributed by atoms with Crippen molar-refractivity contribution in [3.05, 3.63) is 131 Å². The largest absolute Gasteiger partial charge is 0.488 e. The number of H-pyrrole nitrogens is 2. The topological polar surface area (TPSA) is 181 Å². The van der Waals surface area contributed by atoms with Gasteiger partial charge in [0.15, 0.2) is 0 Å². The number of ether oxygens (including phenoxy) is 2. The van der Waals surface area contributed by atoms with E-state index in [0.29, 0.717) is 49.9 Å². The van der Waals surface area contributed by atoms with Crippen LogP contribution < -0.4 is 20.1 Å². The molecular weight excluding hydrogens is 945 g/mol. The van der Waals surface area contributed by atoms with Crippen molar-refractivity contribution in [2.75, 3.05) is 41.3 Å². The fourth-order valence-corrected chi connectivity index (χ4v) is 11.5. The van der Waals surface area contributed by atoms with E-state index < -0.39 is 30.2 Å². The van der Waals surface area contributed by atoms with Gasteiger partial charge in [0, 0.05) is 46.5 Å². The van der Waals surface area contributed by atoms with E-state index in [-0.39, 0.29) is 41.5 Å². The van der Waals surface area contributed by atoms with E-state index in [1.54, 1.807) is 11.1 Å². The maximum absolute atomic E-state index is 14.7. The zero-order valence-corrected chi connectivity index (χ0v) is 44.9. The number of hydrogen-bond donors (Lipinski definition) is 4. The number of imidazole rings is 2. The summed E-state index contributed by atoms with van der Waals surface area (Å²) in [4.78, 5) is 81.0. The van der Waals surface area contributed by atoms with Crippen molar-refractivity contribution in [2.45, 2.75) is 110 Å². The van der Waals surface area contributed by atoms with Crippen molar-refractivity contribution in [1.29, 1.82) is 0 Å². The molecule has 6 atom stereocenters. The average molecular weight is 1020 g/mol. The number of likely N-dealkylation sites (N-methyl/N-ethyl adjacent to an activating group) is 2. The van der Waals surface area contributed by atoms with E-state index in [4.69, 9.17) is 19.4 Å². The first kappa shape index (κ1) is 52.6. The number of nitrogens with one attached hydrogen (secondary N) is 4. The van der Waals surface area contributed by atoms with Crippen LogP contribution in [0.15, 0.2) is 97.3 Å². The van der Waals surface area contributed by atoms with Crippen molar-refractivity contribution in [2.24, 2.45) is 11.8 Å². The molecule has 2 aromatic heterocycles. The van der Waals surface area contributed by atoms with Crippen LogP contribution in [0.2, 0.25) is 0 Å². The van der Waals surface area contributed by atoms with Crippen LogP contribution in [0.3, 0.4) is 0 Å². The molecule has 394 valence electrons. The van der Waals surface area contributed by atoms with Crippen molar-refractivity contribution in [3.8, 4) is 45.1 Å². The van der Waals surface area contributed by atoms with E-state index in [1.165, 1.54) is 0 Å². The summed E-state index contributed by atoms with van der Waals surface area (Å²) in [7, 11) is 7.52. The van der Waals surface area contributed by atoms with Crippen LogP contribution in [0.1, 0.15) is 119 Å². The standard InChI is InChI=1S/C59H72N10O6/c1-11-24-68(58(72)50(37-19-14-12-15-20-37)64-56(70)52(34(2)3)66(7)8)36(6)54-60-30-43(62-54)39-26-41-32-75-47-29-40(27-42-33-74-46(28-39)48(41)49(42)47)44-31-61-55(63-44)45-23-18-25-69(45)59(73)51(38-21-16-13-17-22-38)65-57(71)53(35(4)5)67(9)10/h12-17,19-22,26-31,34-36,45,50-53H,11,18,23-25,32-33H2,1-10H3,(H,60,62)(H,61,63)(H,64,70)(H,65,71)/t36-,45-,50+,51+,52-,53-/m0/s1. The SMILES string of the molecule is CCCN(C(=O)[C@H](NC(=O)[C@H](C(C)C)N(C)C)c1ccccc1)[C@@H](C)c1ncc(-c2cc3c4c(c2)OCc2cc(-c5cnc([C@@H]6CCCN6C(=O)[C@H](NC(=O)[C@H](C(C)C)N(C)C)c6ccccc6)[nH]5)cc(c2-4)OC3)[nH]1. The Morgan fingerprint density at radius 3 is 1.72 bits per heavy atom. The number of hydrogen-bond acceptors (Lipinski definition) is 10. The van der Waals surface area contributed by atoms with Gasteiger partial charge in [-0.15, -0.1) is 0 Å². The lowest BCUT2D eigenvalue weighted by molar-refractivity contribution is -0.140. The number of carbonyl (C=O) groups is 4. The first-order valence-corrected chi connectivity index (χ1v) is 26.4. The van der Waals surface area contributed by atoms with Gasteiger partial charge in [-0.2, -0.15) is 0 Å². The minimum Gasteiger partial charge on any atom is -0.488 e. The summed E-state index contributed by atoms with van der Waals surface area (Å²) in [5, 5.41) is 6.24. The molecule has 4 amide bonds. The fraction of sp³-hybridized carbons (Fsp3) is 0.424. The molecule has 6 aromatic rings. The zero-order chi connectivity index (χ0) is 53.2. The highest BCUT2D eigenvalue weighted by molar-refractivity contribution is 5.93. The number of amides is 4. The first-order chi connectivity index (χ1) is 36.0. The van der Waals surface area contributed by atoms with Gasteiger partial charge in [-0.3, -0.25) is 29.0 Å². The normalized spacial score (nSPS) is 16.7. The quantitative estimate of drug-likeness (QED) is 0.0613. The van der Waals surface area contributed by atoms with Crippen molar-refractivity contribution in [3.63, 3.8) is 0 Å². The molecular formula is C59H72N10O6. The lowest BCUT2D eigenvalue weighted by Crippen LogP contribution is -2.51. The van der Waals surface area contributed by atoms with E-state index in [2.05, 4.69) is 32.7 Å². The Labute approximate surface area is 440 Å². The molecule has 75 heavy (non-hydrogen) atoms. The molecule has 0 radical (unpaired) electrons. The van der Waals surface area contributed by atoms with Gasteiger partial charge in [-0.1, -0.05) is 95.3 Å². The van der Waals surface area contributed by atoms with Gasteiger partial charge >= 0.3 is 0 Å². The highest BCUT2D eigenvalue weighted by Gasteiger charge is 2.40. The number of aromatic amines is 2. The molecule has 16 nitrogen and oxygen atoms in total. The molecule has 0 aliphatic carbocycles. The smallest absolute Gasteiger partial charge is 0.250 e. The molecule has 1 saturated heterocycles. The van der Waals surface area contributed by atoms with Gasteiger partial charge in [0.25, 0.3) is 0 Å². The third kappa shape index (κ3) is 10.7. The van der Waals surface area contributed by atoms with Gasteiger partial charge < -0.3 is 39.9 Å². The summed E-state index contributed by atoms with van der Waals surface area (Å²) >= 11 is 0. The van der Waals surface area contributed by atoms with E-state index in [0.717, 1.165) is 74.7 Å². The number of carbonyl (C=O) groups excluding carboxylic acids is 4. The maximum atomic E-state index is 14.7. The molecule has 5 heterocycles. The van der Waals surface area contributed by atoms with Crippen LogP contribution in [0.5, 0.6) is 11.5 Å². The van der Waals surface area contributed by atoms with Gasteiger partial charge in [-0.25, -0.2) is 9.97 Å². The van der Waals surface area contributed by atoms with E-state index in [9.17, 15) is 19.2 Å². The number of benzene rings is 4. The third-order valence-corrected chi connectivity index (χ3v) is 14.9. The highest BCUT2D eigenvalue weighted by atomic mass is 16.5. The Morgan fingerprint density at radius 1 is 0.693 bits per heavy atom. The second-order valence-electron chi connectivity index (χ2n) is 21.4. The molecule has 0 spiro atoms. The predicted molar refractivity (Wildman–Crippen MR) is 289 cm³/mol. The second kappa shape index (κ2) is 22.3. The molecule has 0 unspecified atom stereocenters. The molecule has 4 N–H and O–H groups in total. The minimum absolute atomic E-state index is 0.0342. The van der Waals surface area contributed by atoms with Crippen LogP contribution in [-0.2, 0) is 32.4 Å². The first-order valence-electron chi connectivity index (χ1n) is 26.4. The number of aromatic nitrogens is 4. The van der Waals surface area contributed by atoms with Crippen LogP contribution in [0.25, 0.3) is 33.6 Å². The molecule has 4 aromatic carbocycles. The van der Waals surface area contributed by atoms with E-state index in [1.807, 2.05) is 163 Å². The summed E-state index contributed by atoms with van der Waals surface area (Å²) in [5.41, 5.74) is 8.76. The summed E-state index contributed by atoms with van der Waals surface area (Å²) in [6, 6.07) is 23.9. The van der Waals surface area contributed by atoms with Crippen molar-refractivity contribution >= 4 is 23.6 Å². The Bertz CT molecular complexity index is 2950. The Hall–Kier alpha value is -7.30. The number of rotatable bonds is 19. The summed E-state index contributed by atoms with van der Waals surface area (Å²) in [5.74, 6) is 2.13. The summed E-state index contributed by atoms with van der Waals surface area (Å²) in [6.45, 7) is 13.7. The van der Waals surface area contributed by atoms with Crippen LogP contribution in [-0.4, -0.2) is 117 Å². The maximum Gasteiger partial charge on any atom is 0.250 e. The molecule has 3 aliphatic rings. The summed E-state index contributed by atoms with van der Waals surface area (Å²) in [6.07, 6.45) is 5.85. The molecule has 3 aliphatic heterocycles. The molecule has 0 bridgehead atoms. The van der Waals surface area contributed by atoms with Gasteiger partial charge in [0.05, 0.1) is 47.9 Å². The van der Waals surface area contributed by atoms with Crippen LogP contribution in [0.4, 0.5) is 0 Å². The Morgan fingerprint density at radius 2 is 1.20 bits per heavy atom. The zero-order valence-electron chi connectivity index (χ0n) is 44.9. The average Bonchev–Trinajstić information content (AvgIpc) is 4.20. The Balaban J connectivity index is 0.935. The third-order valence-electron chi connectivity index (χ3n) is 14.9. The number of nitrogens with zero attached hydrogens (tertiary/aromatic N) is 6. The van der Waals surface area contributed by atoms with Gasteiger partial charge in [0.2, 0.25) is 23.6 Å². The second-order valence-corrected chi connectivity index (χ2v) is 21.4. The molecule has 1 fully saturated rings. The molecule has 0 saturated carbocycles. The predicted octanol–water partition coefficient (Wildman–Crippen LogP) is 8.77. The van der Waals surface area contributed by atoms with Crippen LogP contribution in [0, 0.1) is 11.8 Å². The number of likely N-dealkylation sites (tertiary alicyclic amines) is 1. The monoisotopic (exact) mass is 1020 g/mol. The van der Waals surface area contributed by atoms with Crippen molar-refractivity contribution in [1.82, 2.24) is 50.2 Å². The lowest BCUT2D eigenvalue weighted by Gasteiger charge is -2.34. The Kier molecular flexibility index (Phi) is 15.6. The fourth-order valence-electron chi connectivity index (χ4n) is 11.5. The summed E-state index contributed by atoms with van der Waals surface area (Å²) < 4.78 is 13.1. The minimum atomic E-state index is -0.886. The van der Waals surface area contributed by atoms with Crippen LogP contribution >= 0.6 is 0 Å². The molecule has 16 heteroatoms. The van der Waals surface area contributed by atoms with E-state index >= 15 is 0 Å². The molecule has 9 rings (SSSR count). The van der Waals surface area contributed by atoms with Gasteiger partial charge in [0.1, 0.15) is 48.4 Å². The highest BCUT2D eigenvalue weighted by Crippen LogP contribution is 2.51. The van der Waals surface area contributed by atoms with Gasteiger partial charge in [-0.05, 0) is 102 Å².